The molecule has 0 radical (unpaired) electrons. The van der Waals surface area contributed by atoms with Crippen LogP contribution >= 0.6 is 0 Å². The summed E-state index contributed by atoms with van der Waals surface area (Å²) in [4.78, 5) is 23.9. The number of rotatable bonds is 11. The highest BCUT2D eigenvalue weighted by Gasteiger charge is 2.21. The van der Waals surface area contributed by atoms with E-state index in [9.17, 15) is 9.59 Å². The van der Waals surface area contributed by atoms with Crippen LogP contribution in [0.4, 0.5) is 0 Å². The Hall–Kier alpha value is -0.920. The zero-order valence-corrected chi connectivity index (χ0v) is 15.7. The number of Topliss-reactive ketones (excluding diaryl/α,β-unsaturated/α-hetero) is 2. The molecule has 128 valence electrons. The maximum atomic E-state index is 12.2. The Kier molecular flexibility index (Phi) is 10.3. The molecule has 0 aromatic heterocycles. The molecule has 0 rings (SSSR count). The van der Waals surface area contributed by atoms with E-state index in [1.54, 1.807) is 6.92 Å². The Labute approximate surface area is 137 Å². The minimum atomic E-state index is -0.490. The number of hydrogen-bond donors (Lipinski definition) is 0. The smallest absolute Gasteiger partial charge is 0.168 e. The second kappa shape index (κ2) is 10.7. The van der Waals surface area contributed by atoms with Gasteiger partial charge in [-0.2, -0.15) is 0 Å². The van der Waals surface area contributed by atoms with Crippen molar-refractivity contribution < 1.29 is 9.59 Å². The van der Waals surface area contributed by atoms with Crippen LogP contribution in [0.2, 0.25) is 0 Å². The quantitative estimate of drug-likeness (QED) is 0.367. The lowest BCUT2D eigenvalue weighted by Crippen LogP contribution is -2.21. The molecular formula is C20H36O2. The van der Waals surface area contributed by atoms with Crippen molar-refractivity contribution >= 4 is 11.6 Å². The van der Waals surface area contributed by atoms with Crippen molar-refractivity contribution in [3.05, 3.63) is 11.6 Å². The molecule has 0 aliphatic rings. The van der Waals surface area contributed by atoms with Gasteiger partial charge in [-0.1, -0.05) is 53.5 Å². The summed E-state index contributed by atoms with van der Waals surface area (Å²) in [6.07, 6.45) is 7.40. The molecule has 0 aliphatic carbocycles. The van der Waals surface area contributed by atoms with Gasteiger partial charge in [0.05, 0.1) is 5.92 Å². The van der Waals surface area contributed by atoms with Gasteiger partial charge in [-0.15, -0.1) is 0 Å². The van der Waals surface area contributed by atoms with Gasteiger partial charge in [0, 0.05) is 6.42 Å². The van der Waals surface area contributed by atoms with E-state index < -0.39 is 5.92 Å². The summed E-state index contributed by atoms with van der Waals surface area (Å²) in [7, 11) is 0. The molecule has 0 bridgehead atoms. The van der Waals surface area contributed by atoms with E-state index in [1.807, 2.05) is 13.8 Å². The average molecular weight is 309 g/mol. The van der Waals surface area contributed by atoms with Crippen LogP contribution < -0.4 is 0 Å². The first kappa shape index (κ1) is 21.1. The third kappa shape index (κ3) is 7.91. The van der Waals surface area contributed by atoms with Gasteiger partial charge in [0.25, 0.3) is 0 Å². The van der Waals surface area contributed by atoms with E-state index in [0.717, 1.165) is 17.9 Å². The van der Waals surface area contributed by atoms with Gasteiger partial charge in [-0.3, -0.25) is 9.59 Å². The number of ketones is 2. The fraction of sp³-hybridized carbons (Fsp3) is 0.800. The molecule has 0 fully saturated rings. The Balaban J connectivity index is 4.51. The van der Waals surface area contributed by atoms with Gasteiger partial charge in [-0.05, 0) is 50.0 Å². The van der Waals surface area contributed by atoms with Crippen molar-refractivity contribution in [3.8, 4) is 0 Å². The van der Waals surface area contributed by atoms with E-state index in [1.165, 1.54) is 19.3 Å². The third-order valence-corrected chi connectivity index (χ3v) is 4.51. The fourth-order valence-corrected chi connectivity index (χ4v) is 3.40. The number of carbonyl (C=O) groups excluding carboxylic acids is 2. The number of carbonyl (C=O) groups is 2. The first-order valence-electron chi connectivity index (χ1n) is 8.98. The number of allylic oxidation sites excluding steroid dienone is 2. The van der Waals surface area contributed by atoms with Crippen LogP contribution in [-0.4, -0.2) is 11.6 Å². The molecule has 0 aliphatic heterocycles. The van der Waals surface area contributed by atoms with Crippen molar-refractivity contribution in [2.75, 3.05) is 0 Å². The highest BCUT2D eigenvalue weighted by atomic mass is 16.1. The maximum absolute atomic E-state index is 12.2. The highest BCUT2D eigenvalue weighted by molar-refractivity contribution is 6.09. The van der Waals surface area contributed by atoms with Crippen LogP contribution in [0.3, 0.4) is 0 Å². The van der Waals surface area contributed by atoms with Gasteiger partial charge in [-0.25, -0.2) is 0 Å². The third-order valence-electron chi connectivity index (χ3n) is 4.51. The van der Waals surface area contributed by atoms with Gasteiger partial charge < -0.3 is 0 Å². The Bertz CT molecular complexity index is 381. The second-order valence-corrected chi connectivity index (χ2v) is 7.20. The summed E-state index contributed by atoms with van der Waals surface area (Å²) in [6, 6.07) is 0. The standard InChI is InChI=1S/C20H36O2/c1-8-10-14(3)11-15(4)12-16(5)13-17(6)20(22)18(7)19(21)9-2/h13-16,18H,8-12H2,1-7H3. The van der Waals surface area contributed by atoms with E-state index in [0.29, 0.717) is 18.3 Å². The van der Waals surface area contributed by atoms with Gasteiger partial charge in [0.1, 0.15) is 5.78 Å². The van der Waals surface area contributed by atoms with Crippen molar-refractivity contribution in [2.24, 2.45) is 23.7 Å². The summed E-state index contributed by atoms with van der Waals surface area (Å²) in [6.45, 7) is 14.4. The molecule has 0 saturated carbocycles. The average Bonchev–Trinajstić information content (AvgIpc) is 2.44. The SMILES string of the molecule is CCCC(C)CC(C)CC(C)C=C(C)C(=O)C(C)C(=O)CC. The summed E-state index contributed by atoms with van der Waals surface area (Å²) >= 11 is 0. The summed E-state index contributed by atoms with van der Waals surface area (Å²) in [5, 5.41) is 0. The largest absolute Gasteiger partial charge is 0.299 e. The summed E-state index contributed by atoms with van der Waals surface area (Å²) in [5.41, 5.74) is 0.746. The number of hydrogen-bond acceptors (Lipinski definition) is 2. The van der Waals surface area contributed by atoms with Crippen molar-refractivity contribution in [1.82, 2.24) is 0 Å². The minimum absolute atomic E-state index is 0.00861. The van der Waals surface area contributed by atoms with Crippen LogP contribution in [0.5, 0.6) is 0 Å². The normalized spacial score (nSPS) is 17.7. The predicted octanol–water partition coefficient (Wildman–Crippen LogP) is 5.61. The molecule has 0 spiro atoms. The molecule has 0 N–H and O–H groups in total. The lowest BCUT2D eigenvalue weighted by Gasteiger charge is -2.19. The molecular weight excluding hydrogens is 272 g/mol. The Morgan fingerprint density at radius 1 is 0.955 bits per heavy atom. The summed E-state index contributed by atoms with van der Waals surface area (Å²) < 4.78 is 0. The minimum Gasteiger partial charge on any atom is -0.299 e. The lowest BCUT2D eigenvalue weighted by atomic mass is 9.86. The molecule has 0 aromatic carbocycles. The van der Waals surface area contributed by atoms with Crippen molar-refractivity contribution in [1.29, 1.82) is 0 Å². The molecule has 4 atom stereocenters. The molecule has 0 aromatic rings. The zero-order valence-electron chi connectivity index (χ0n) is 15.7. The topological polar surface area (TPSA) is 34.1 Å². The van der Waals surface area contributed by atoms with Crippen LogP contribution in [0.15, 0.2) is 11.6 Å². The van der Waals surface area contributed by atoms with Crippen molar-refractivity contribution in [2.45, 2.75) is 80.6 Å². The lowest BCUT2D eigenvalue weighted by molar-refractivity contribution is -0.129. The van der Waals surface area contributed by atoms with E-state index in [-0.39, 0.29) is 11.6 Å². The monoisotopic (exact) mass is 308 g/mol. The van der Waals surface area contributed by atoms with Crippen LogP contribution in [0.1, 0.15) is 80.6 Å². The van der Waals surface area contributed by atoms with E-state index in [2.05, 4.69) is 33.8 Å². The molecule has 2 nitrogen and oxygen atoms in total. The summed E-state index contributed by atoms with van der Waals surface area (Å²) in [5.74, 6) is 1.37. The fourth-order valence-electron chi connectivity index (χ4n) is 3.40. The van der Waals surface area contributed by atoms with Gasteiger partial charge in [0.2, 0.25) is 0 Å². The highest BCUT2D eigenvalue weighted by Crippen LogP contribution is 2.24. The van der Waals surface area contributed by atoms with Crippen molar-refractivity contribution in [3.63, 3.8) is 0 Å². The van der Waals surface area contributed by atoms with E-state index >= 15 is 0 Å². The maximum Gasteiger partial charge on any atom is 0.168 e. The molecule has 22 heavy (non-hydrogen) atoms. The van der Waals surface area contributed by atoms with Gasteiger partial charge >= 0.3 is 0 Å². The van der Waals surface area contributed by atoms with E-state index in [4.69, 9.17) is 0 Å². The first-order valence-corrected chi connectivity index (χ1v) is 8.98. The van der Waals surface area contributed by atoms with Crippen LogP contribution in [0.25, 0.3) is 0 Å². The zero-order chi connectivity index (χ0) is 17.3. The Morgan fingerprint density at radius 3 is 2.05 bits per heavy atom. The Morgan fingerprint density at radius 2 is 1.55 bits per heavy atom. The molecule has 0 saturated heterocycles. The molecule has 2 heteroatoms. The molecule has 0 amide bonds. The predicted molar refractivity (Wildman–Crippen MR) is 94.9 cm³/mol. The van der Waals surface area contributed by atoms with Gasteiger partial charge in [0.15, 0.2) is 5.78 Å². The molecule has 0 heterocycles. The molecule has 4 unspecified atom stereocenters. The van der Waals surface area contributed by atoms with Crippen LogP contribution in [-0.2, 0) is 9.59 Å². The van der Waals surface area contributed by atoms with Crippen LogP contribution in [0, 0.1) is 23.7 Å². The first-order chi connectivity index (χ1) is 10.2. The second-order valence-electron chi connectivity index (χ2n) is 7.20.